The van der Waals surface area contributed by atoms with Gasteiger partial charge in [0, 0.05) is 11.1 Å². The maximum atomic E-state index is 6.62. The average molecular weight is 625 g/mol. The van der Waals surface area contributed by atoms with Crippen molar-refractivity contribution >= 4 is 47.7 Å². The zero-order valence-corrected chi connectivity index (χ0v) is 26.7. The summed E-state index contributed by atoms with van der Waals surface area (Å²) in [5.41, 5.74) is 2.20. The van der Waals surface area contributed by atoms with Crippen molar-refractivity contribution in [3.8, 4) is 22.6 Å². The van der Waals surface area contributed by atoms with Crippen molar-refractivity contribution in [3.05, 3.63) is 158 Å². The van der Waals surface area contributed by atoms with E-state index in [2.05, 4.69) is 158 Å². The molecule has 0 N–H and O–H groups in total. The molecule has 0 radical (unpaired) electrons. The van der Waals surface area contributed by atoms with E-state index in [9.17, 15) is 0 Å². The first-order valence-corrected chi connectivity index (χ1v) is 18.0. The topological polar surface area (TPSA) is 27.7 Å². The monoisotopic (exact) mass is 624 g/mol. The summed E-state index contributed by atoms with van der Waals surface area (Å²) in [5, 5.41) is 7.65. The van der Waals surface area contributed by atoms with Crippen LogP contribution in [-0.2, 0) is 4.74 Å². The fourth-order valence-corrected chi connectivity index (χ4v) is 10.8. The number of hydrogen-bond donors (Lipinski definition) is 0. The van der Waals surface area contributed by atoms with Crippen molar-refractivity contribution in [3.63, 3.8) is 0 Å². The largest absolute Gasteiger partial charge is 0.491 e. The van der Waals surface area contributed by atoms with E-state index in [0.29, 0.717) is 26.4 Å². The molecule has 3 nitrogen and oxygen atoms in total. The fraction of sp³-hybridized carbons (Fsp3) is 0.100. The average Bonchev–Trinajstić information content (AvgIpc) is 3.14. The van der Waals surface area contributed by atoms with E-state index in [1.165, 1.54) is 31.8 Å². The lowest BCUT2D eigenvalue weighted by Gasteiger charge is -2.28. The molecular weight excluding hydrogens is 590 g/mol. The van der Waals surface area contributed by atoms with Gasteiger partial charge in [-0.1, -0.05) is 146 Å². The van der Waals surface area contributed by atoms with E-state index in [0.717, 1.165) is 22.6 Å². The van der Waals surface area contributed by atoms with Crippen LogP contribution >= 0.6 is 15.8 Å². The van der Waals surface area contributed by atoms with Gasteiger partial charge in [-0.25, -0.2) is 0 Å². The SMILES string of the molecule is c1ccc(P(c2ccccc2)c2cccc3c2-c2c(cccc2P(c2ccccc2)c2ccccc2)OCCOCCO3)cc1. The molecule has 45 heavy (non-hydrogen) atoms. The molecule has 0 atom stereocenters. The van der Waals surface area contributed by atoms with Gasteiger partial charge in [-0.05, 0) is 59.8 Å². The third-order valence-electron chi connectivity index (χ3n) is 7.77. The molecule has 0 saturated heterocycles. The fourth-order valence-electron chi connectivity index (χ4n) is 5.84. The molecule has 5 heteroatoms. The molecule has 1 aliphatic heterocycles. The van der Waals surface area contributed by atoms with E-state index in [-0.39, 0.29) is 0 Å². The Morgan fingerprint density at radius 2 is 0.667 bits per heavy atom. The Morgan fingerprint density at radius 1 is 0.333 bits per heavy atom. The summed E-state index contributed by atoms with van der Waals surface area (Å²) >= 11 is 0. The Kier molecular flexibility index (Phi) is 9.31. The molecule has 0 fully saturated rings. The summed E-state index contributed by atoms with van der Waals surface area (Å²) in [6, 6.07) is 56.5. The van der Waals surface area contributed by atoms with Crippen LogP contribution < -0.4 is 41.3 Å². The minimum Gasteiger partial charge on any atom is -0.491 e. The van der Waals surface area contributed by atoms with Crippen molar-refractivity contribution < 1.29 is 14.2 Å². The molecule has 7 rings (SSSR count). The highest BCUT2D eigenvalue weighted by Crippen LogP contribution is 2.47. The van der Waals surface area contributed by atoms with Crippen LogP contribution in [0, 0.1) is 0 Å². The Labute approximate surface area is 268 Å². The first-order valence-electron chi connectivity index (χ1n) is 15.3. The van der Waals surface area contributed by atoms with Crippen molar-refractivity contribution in [1.82, 2.24) is 0 Å². The second kappa shape index (κ2) is 14.2. The summed E-state index contributed by atoms with van der Waals surface area (Å²) in [6.45, 7) is 1.94. The molecule has 0 saturated carbocycles. The molecule has 0 amide bonds. The number of hydrogen-bond acceptors (Lipinski definition) is 3. The molecular formula is C40H34O3P2. The van der Waals surface area contributed by atoms with Crippen LogP contribution in [0.25, 0.3) is 11.1 Å². The molecule has 6 aromatic rings. The minimum absolute atomic E-state index is 0.467. The van der Waals surface area contributed by atoms with Crippen molar-refractivity contribution in [2.75, 3.05) is 26.4 Å². The molecule has 222 valence electrons. The summed E-state index contributed by atoms with van der Waals surface area (Å²) in [7, 11) is -1.85. The number of benzene rings is 6. The normalized spacial score (nSPS) is 13.2. The third-order valence-corrected chi connectivity index (χ3v) is 12.7. The predicted molar refractivity (Wildman–Crippen MR) is 191 cm³/mol. The Balaban J connectivity index is 1.56. The first kappa shape index (κ1) is 29.5. The van der Waals surface area contributed by atoms with Gasteiger partial charge >= 0.3 is 0 Å². The standard InChI is InChI=1S/C40H34O3P2/c1-5-15-31(16-6-1)44(32-17-7-2-8-18-32)37-25-13-23-35-39(37)40-36(43-30-28-41-27-29-42-35)24-14-26-38(40)45(33-19-9-3-10-20-33)34-21-11-4-12-22-34/h1-26H,27-30H2. The molecule has 1 heterocycles. The molecule has 0 unspecified atom stereocenters. The molecule has 0 aromatic heterocycles. The molecule has 0 bridgehead atoms. The van der Waals surface area contributed by atoms with Gasteiger partial charge < -0.3 is 14.2 Å². The highest BCUT2D eigenvalue weighted by Gasteiger charge is 2.30. The molecule has 0 spiro atoms. The lowest BCUT2D eigenvalue weighted by Crippen LogP contribution is -2.26. The summed E-state index contributed by atoms with van der Waals surface area (Å²) in [5.74, 6) is 1.71. The van der Waals surface area contributed by atoms with Crippen LogP contribution in [0.15, 0.2) is 158 Å². The van der Waals surface area contributed by atoms with Crippen LogP contribution in [-0.4, -0.2) is 26.4 Å². The van der Waals surface area contributed by atoms with Crippen LogP contribution in [0.3, 0.4) is 0 Å². The number of rotatable bonds is 6. The van der Waals surface area contributed by atoms with Gasteiger partial charge in [0.15, 0.2) is 0 Å². The van der Waals surface area contributed by atoms with E-state index in [4.69, 9.17) is 14.2 Å². The maximum absolute atomic E-state index is 6.62. The molecule has 6 aromatic carbocycles. The van der Waals surface area contributed by atoms with E-state index < -0.39 is 15.8 Å². The van der Waals surface area contributed by atoms with Gasteiger partial charge in [0.1, 0.15) is 24.7 Å². The summed E-state index contributed by atoms with van der Waals surface area (Å²) in [6.07, 6.45) is 0. The van der Waals surface area contributed by atoms with Gasteiger partial charge in [0.25, 0.3) is 0 Å². The number of fused-ring (bicyclic) bond motifs is 3. The second-order valence-electron chi connectivity index (χ2n) is 10.6. The van der Waals surface area contributed by atoms with E-state index in [1.54, 1.807) is 0 Å². The van der Waals surface area contributed by atoms with Gasteiger partial charge in [0.2, 0.25) is 0 Å². The minimum atomic E-state index is -0.927. The van der Waals surface area contributed by atoms with Crippen molar-refractivity contribution in [2.45, 2.75) is 0 Å². The van der Waals surface area contributed by atoms with E-state index >= 15 is 0 Å². The van der Waals surface area contributed by atoms with Crippen LogP contribution in [0.1, 0.15) is 0 Å². The van der Waals surface area contributed by atoms with Crippen LogP contribution in [0.2, 0.25) is 0 Å². The lowest BCUT2D eigenvalue weighted by atomic mass is 10.0. The predicted octanol–water partition coefficient (Wildman–Crippen LogP) is 6.66. The van der Waals surface area contributed by atoms with Crippen molar-refractivity contribution in [1.29, 1.82) is 0 Å². The van der Waals surface area contributed by atoms with Crippen LogP contribution in [0.4, 0.5) is 0 Å². The van der Waals surface area contributed by atoms with Gasteiger partial charge in [-0.15, -0.1) is 0 Å². The Hall–Kier alpha value is -4.26. The van der Waals surface area contributed by atoms with E-state index in [1.807, 2.05) is 0 Å². The Bertz CT molecular complexity index is 1620. The number of ether oxygens (including phenoxy) is 3. The quantitative estimate of drug-likeness (QED) is 0.194. The van der Waals surface area contributed by atoms with Gasteiger partial charge in [0.05, 0.1) is 13.2 Å². The lowest BCUT2D eigenvalue weighted by molar-refractivity contribution is 0.0776. The second-order valence-corrected chi connectivity index (χ2v) is 15.0. The highest BCUT2D eigenvalue weighted by atomic mass is 31.1. The van der Waals surface area contributed by atoms with Crippen molar-refractivity contribution in [2.24, 2.45) is 0 Å². The Morgan fingerprint density at radius 3 is 1.00 bits per heavy atom. The maximum Gasteiger partial charge on any atom is 0.128 e. The summed E-state index contributed by atoms with van der Waals surface area (Å²) in [4.78, 5) is 0. The molecule has 0 aliphatic carbocycles. The first-order chi connectivity index (χ1) is 22.4. The van der Waals surface area contributed by atoms with Gasteiger partial charge in [-0.2, -0.15) is 0 Å². The zero-order valence-electron chi connectivity index (χ0n) is 25.0. The smallest absolute Gasteiger partial charge is 0.128 e. The van der Waals surface area contributed by atoms with Gasteiger partial charge in [-0.3, -0.25) is 0 Å². The summed E-state index contributed by atoms with van der Waals surface area (Å²) < 4.78 is 19.1. The highest BCUT2D eigenvalue weighted by molar-refractivity contribution is 7.80. The zero-order chi connectivity index (χ0) is 30.3. The molecule has 1 aliphatic rings. The van der Waals surface area contributed by atoms with Crippen LogP contribution in [0.5, 0.6) is 11.5 Å². The third kappa shape index (κ3) is 6.44.